The molecule has 0 unspecified atom stereocenters. The van der Waals surface area contributed by atoms with Crippen LogP contribution in [0.5, 0.6) is 5.88 Å². The number of ether oxygens (including phenoxy) is 4. The molecule has 1 atom stereocenters. The zero-order valence-electron chi connectivity index (χ0n) is 37.6. The lowest BCUT2D eigenvalue weighted by atomic mass is 9.72. The number of carbonyl (C=O) groups excluding carboxylic acids is 1. The molecular weight excluding hydrogens is 900 g/mol. The zero-order valence-corrected chi connectivity index (χ0v) is 39.2. The predicted molar refractivity (Wildman–Crippen MR) is 257 cm³/mol. The largest absolute Gasteiger partial charge is 0.474 e. The number of aromatic nitrogens is 2. The molecule has 67 heavy (non-hydrogen) atoms. The Morgan fingerprint density at radius 3 is 2.52 bits per heavy atom. The molecule has 0 bridgehead atoms. The molecule has 1 amide bonds. The van der Waals surface area contributed by atoms with E-state index in [2.05, 4.69) is 50.8 Å². The number of nitrogens with zero attached hydrogens (tertiary/aromatic N) is 5. The molecule has 17 nitrogen and oxygen atoms in total. The molecule has 4 aliphatic rings. The Labute approximate surface area is 394 Å². The Balaban J connectivity index is 1.00. The van der Waals surface area contributed by atoms with Crippen molar-refractivity contribution in [2.24, 2.45) is 5.41 Å². The van der Waals surface area contributed by atoms with E-state index in [0.29, 0.717) is 62.4 Å². The SMILES string of the molecule is CC1(C)CCC(CN2CCN(c3ccc(C(=O)NS(=O)(=O)c4ccc(NC[C@H]5COCCO5)c([N+](=O)[O-])c4)c(N4CCOCCOc5nc6[nH]ccc6cc54)c3)CC2)=C(c2ccc(Cl)cc2)C1. The van der Waals surface area contributed by atoms with Gasteiger partial charge in [0.05, 0.1) is 60.2 Å². The number of benzene rings is 3. The number of nitro groups is 1. The summed E-state index contributed by atoms with van der Waals surface area (Å²) in [6, 6.07) is 20.8. The average Bonchev–Trinajstić information content (AvgIpc) is 3.82. The lowest BCUT2D eigenvalue weighted by molar-refractivity contribution is -0.384. The minimum absolute atomic E-state index is 0.0506. The summed E-state index contributed by atoms with van der Waals surface area (Å²) in [6.45, 7) is 11.1. The third kappa shape index (κ3) is 10.7. The van der Waals surface area contributed by atoms with Gasteiger partial charge in [-0.2, -0.15) is 4.98 Å². The van der Waals surface area contributed by atoms with Gasteiger partial charge in [0.1, 0.15) is 23.6 Å². The van der Waals surface area contributed by atoms with E-state index in [1.54, 1.807) is 12.3 Å². The van der Waals surface area contributed by atoms with E-state index in [1.807, 2.05) is 41.3 Å². The van der Waals surface area contributed by atoms with Crippen molar-refractivity contribution in [2.75, 3.05) is 101 Å². The maximum Gasteiger partial charge on any atom is 0.293 e. The first-order valence-electron chi connectivity index (χ1n) is 22.6. The van der Waals surface area contributed by atoms with Crippen LogP contribution in [-0.2, 0) is 24.2 Å². The monoisotopic (exact) mass is 954 g/mol. The summed E-state index contributed by atoms with van der Waals surface area (Å²) in [7, 11) is -4.63. The number of allylic oxidation sites excluding steroid dienone is 1. The topological polar surface area (TPSA) is 194 Å². The van der Waals surface area contributed by atoms with Crippen LogP contribution in [0.3, 0.4) is 0 Å². The number of aromatic amines is 1. The third-order valence-corrected chi connectivity index (χ3v) is 14.4. The second kappa shape index (κ2) is 19.8. The summed E-state index contributed by atoms with van der Waals surface area (Å²) in [5, 5.41) is 16.7. The number of sulfonamides is 1. The Morgan fingerprint density at radius 1 is 0.940 bits per heavy atom. The van der Waals surface area contributed by atoms with E-state index in [-0.39, 0.29) is 49.1 Å². The normalized spacial score (nSPS) is 19.5. The smallest absolute Gasteiger partial charge is 0.293 e. The van der Waals surface area contributed by atoms with E-state index in [0.717, 1.165) is 61.1 Å². The maximum absolute atomic E-state index is 14.5. The number of H-pyrrole nitrogens is 1. The van der Waals surface area contributed by atoms with Crippen molar-refractivity contribution >= 4 is 72.6 Å². The minimum atomic E-state index is -4.63. The molecule has 19 heteroatoms. The second-order valence-corrected chi connectivity index (χ2v) is 20.2. The van der Waals surface area contributed by atoms with Gasteiger partial charge >= 0.3 is 0 Å². The Morgan fingerprint density at radius 2 is 1.75 bits per heavy atom. The molecule has 2 saturated heterocycles. The molecule has 354 valence electrons. The fraction of sp³-hybridized carbons (Fsp3) is 0.417. The third-order valence-electron chi connectivity index (χ3n) is 12.9. The summed E-state index contributed by atoms with van der Waals surface area (Å²) in [5.74, 6) is -0.606. The van der Waals surface area contributed by atoms with Crippen molar-refractivity contribution in [3.05, 3.63) is 111 Å². The van der Waals surface area contributed by atoms with Gasteiger partial charge in [-0.1, -0.05) is 43.2 Å². The number of piperazine rings is 1. The molecule has 1 aliphatic carbocycles. The fourth-order valence-corrected chi connectivity index (χ4v) is 10.3. The Kier molecular flexibility index (Phi) is 13.7. The van der Waals surface area contributed by atoms with Gasteiger partial charge in [-0.3, -0.25) is 19.8 Å². The van der Waals surface area contributed by atoms with Crippen LogP contribution in [0.4, 0.5) is 28.4 Å². The molecule has 5 aromatic rings. The predicted octanol–water partition coefficient (Wildman–Crippen LogP) is 7.40. The summed E-state index contributed by atoms with van der Waals surface area (Å²) in [4.78, 5) is 40.1. The number of hydrogen-bond donors (Lipinski definition) is 3. The van der Waals surface area contributed by atoms with Crippen molar-refractivity contribution in [3.63, 3.8) is 0 Å². The van der Waals surface area contributed by atoms with Gasteiger partial charge in [-0.05, 0) is 90.4 Å². The van der Waals surface area contributed by atoms with Gasteiger partial charge in [0, 0.05) is 74.2 Å². The van der Waals surface area contributed by atoms with E-state index in [1.165, 1.54) is 28.8 Å². The van der Waals surface area contributed by atoms with Gasteiger partial charge in [-0.15, -0.1) is 0 Å². The average molecular weight is 956 g/mol. The molecule has 2 aromatic heterocycles. The van der Waals surface area contributed by atoms with Crippen molar-refractivity contribution in [3.8, 4) is 5.88 Å². The van der Waals surface area contributed by atoms with Crippen LogP contribution in [0.2, 0.25) is 5.02 Å². The van der Waals surface area contributed by atoms with Gasteiger partial charge in [0.2, 0.25) is 5.88 Å². The van der Waals surface area contributed by atoms with Crippen molar-refractivity contribution in [2.45, 2.75) is 44.1 Å². The van der Waals surface area contributed by atoms with Crippen LogP contribution < -0.4 is 24.6 Å². The number of halogens is 1. The van der Waals surface area contributed by atoms with Crippen molar-refractivity contribution in [1.82, 2.24) is 19.6 Å². The van der Waals surface area contributed by atoms with Gasteiger partial charge in [-0.25, -0.2) is 13.1 Å². The van der Waals surface area contributed by atoms with Crippen LogP contribution in [0, 0.1) is 15.5 Å². The highest BCUT2D eigenvalue weighted by Gasteiger charge is 2.32. The summed E-state index contributed by atoms with van der Waals surface area (Å²) >= 11 is 6.28. The van der Waals surface area contributed by atoms with Crippen molar-refractivity contribution in [1.29, 1.82) is 0 Å². The van der Waals surface area contributed by atoms with E-state index >= 15 is 0 Å². The highest BCUT2D eigenvalue weighted by Crippen LogP contribution is 2.44. The summed E-state index contributed by atoms with van der Waals surface area (Å²) in [6.07, 6.45) is 4.62. The summed E-state index contributed by atoms with van der Waals surface area (Å²) in [5.41, 5.74) is 6.42. The molecular formula is C48H55ClN8O9S. The number of fused-ring (bicyclic) bond motifs is 2. The van der Waals surface area contributed by atoms with Crippen LogP contribution in [0.25, 0.3) is 16.6 Å². The minimum Gasteiger partial charge on any atom is -0.474 e. The number of nitro benzene ring substituents is 1. The number of hydrogen-bond acceptors (Lipinski definition) is 14. The molecule has 5 heterocycles. The van der Waals surface area contributed by atoms with Gasteiger partial charge < -0.3 is 39.0 Å². The van der Waals surface area contributed by atoms with Crippen molar-refractivity contribution < 1.29 is 37.1 Å². The highest BCUT2D eigenvalue weighted by atomic mass is 35.5. The summed E-state index contributed by atoms with van der Waals surface area (Å²) < 4.78 is 53.3. The first-order chi connectivity index (χ1) is 32.3. The Hall–Kier alpha value is -5.76. The second-order valence-electron chi connectivity index (χ2n) is 18.1. The molecule has 3 aliphatic heterocycles. The van der Waals surface area contributed by atoms with Gasteiger partial charge in [0.25, 0.3) is 21.6 Å². The molecule has 3 aromatic carbocycles. The Bertz CT molecular complexity index is 2770. The van der Waals surface area contributed by atoms with E-state index < -0.39 is 31.4 Å². The molecule has 0 spiro atoms. The fourth-order valence-electron chi connectivity index (χ4n) is 9.20. The van der Waals surface area contributed by atoms with Gasteiger partial charge in [0.15, 0.2) is 0 Å². The number of pyridine rings is 1. The van der Waals surface area contributed by atoms with Crippen LogP contribution in [0.15, 0.2) is 89.5 Å². The lowest BCUT2D eigenvalue weighted by Crippen LogP contribution is -2.47. The van der Waals surface area contributed by atoms with E-state index in [9.17, 15) is 23.3 Å². The number of rotatable bonds is 12. The zero-order chi connectivity index (χ0) is 46.7. The maximum atomic E-state index is 14.5. The molecule has 0 saturated carbocycles. The molecule has 9 rings (SSSR count). The number of amides is 1. The quantitative estimate of drug-likeness (QED) is 0.0827. The number of anilines is 4. The van der Waals surface area contributed by atoms with Crippen LogP contribution in [-0.4, -0.2) is 126 Å². The standard InChI is InChI=1S/C48H55ClN8O9S/c1-48(2)13-11-34(40(28-48)32-3-5-35(49)6-4-32)30-54-15-17-55(18-16-54)36-7-9-39(42(26-36)56-19-20-63-21-24-66-47-44(56)25-33-12-14-50-45(33)52-47)46(58)53-67(61,62)38-8-10-41(43(27-38)57(59)60)51-29-37-31-64-22-23-65-37/h3-10,12,14,25-27,37,51H,11,13,15-24,28-31H2,1-2H3,(H,50,52)(H,53,58)/t37-/m0/s1. The highest BCUT2D eigenvalue weighted by molar-refractivity contribution is 7.90. The number of carbonyl (C=O) groups is 1. The van der Waals surface area contributed by atoms with Crippen LogP contribution in [0.1, 0.15) is 49.0 Å². The first-order valence-corrected chi connectivity index (χ1v) is 24.5. The molecule has 3 N–H and O–H groups in total. The van der Waals surface area contributed by atoms with Crippen LogP contribution >= 0.6 is 11.6 Å². The molecule has 0 radical (unpaired) electrons. The van der Waals surface area contributed by atoms with E-state index in [4.69, 9.17) is 35.5 Å². The molecule has 2 fully saturated rings. The first kappa shape index (κ1) is 46.4. The lowest BCUT2D eigenvalue weighted by Gasteiger charge is -2.39. The number of nitrogens with one attached hydrogen (secondary N) is 3.